The van der Waals surface area contributed by atoms with Gasteiger partial charge in [-0.05, 0) is 0 Å². The van der Waals surface area contributed by atoms with E-state index in [4.69, 9.17) is 0 Å². The van der Waals surface area contributed by atoms with Crippen molar-refractivity contribution in [3.8, 4) is 0 Å². The molecule has 0 amide bonds. The van der Waals surface area contributed by atoms with Gasteiger partial charge in [-0.25, -0.2) is 0 Å². The third-order valence-electron chi connectivity index (χ3n) is 1.98. The van der Waals surface area contributed by atoms with Crippen LogP contribution in [0.15, 0.2) is 23.8 Å². The molecular formula is C10H15OPt. The Morgan fingerprint density at radius 1 is 1.58 bits per heavy atom. The Bertz CT molecular complexity index is 238. The van der Waals surface area contributed by atoms with Crippen LogP contribution in [0.2, 0.25) is 10.6 Å². The average molecular weight is 346 g/mol. The van der Waals surface area contributed by atoms with E-state index in [1.807, 2.05) is 13.0 Å². The Morgan fingerprint density at radius 2 is 2.25 bits per heavy atom. The van der Waals surface area contributed by atoms with Crippen molar-refractivity contribution in [2.45, 2.75) is 24.0 Å². The molecule has 71 valence electrons. The van der Waals surface area contributed by atoms with E-state index < -0.39 is 17.3 Å². The summed E-state index contributed by atoms with van der Waals surface area (Å²) in [6.45, 7) is 2.04. The molecule has 0 radical (unpaired) electrons. The molecule has 12 heavy (non-hydrogen) atoms. The summed E-state index contributed by atoms with van der Waals surface area (Å²) in [6.07, 6.45) is 7.23. The van der Waals surface area contributed by atoms with Crippen molar-refractivity contribution in [1.29, 1.82) is 0 Å². The molecule has 2 heteroatoms. The van der Waals surface area contributed by atoms with Crippen LogP contribution in [0.4, 0.5) is 0 Å². The molecule has 0 aliphatic heterocycles. The second kappa shape index (κ2) is 4.18. The molecule has 0 spiro atoms. The summed E-state index contributed by atoms with van der Waals surface area (Å²) in [7, 11) is 0. The molecule has 0 N–H and O–H groups in total. The quantitative estimate of drug-likeness (QED) is 0.768. The third kappa shape index (κ3) is 2.17. The van der Waals surface area contributed by atoms with Gasteiger partial charge in [0.05, 0.1) is 0 Å². The molecular weight excluding hydrogens is 331 g/mol. The summed E-state index contributed by atoms with van der Waals surface area (Å²) in [4.78, 5) is 11.6. The first-order chi connectivity index (χ1) is 5.63. The van der Waals surface area contributed by atoms with Crippen molar-refractivity contribution < 1.29 is 22.1 Å². The molecule has 1 atom stereocenters. The van der Waals surface area contributed by atoms with E-state index in [0.29, 0.717) is 4.17 Å². The van der Waals surface area contributed by atoms with Crippen LogP contribution < -0.4 is 0 Å². The van der Waals surface area contributed by atoms with Crippen LogP contribution in [0.5, 0.6) is 0 Å². The first-order valence-corrected chi connectivity index (χ1v) is 9.55. The molecule has 0 heterocycles. The zero-order valence-electron chi connectivity index (χ0n) is 7.74. The molecule has 0 saturated carbocycles. The van der Waals surface area contributed by atoms with Gasteiger partial charge < -0.3 is 0 Å². The van der Waals surface area contributed by atoms with Gasteiger partial charge in [-0.15, -0.1) is 0 Å². The first kappa shape index (κ1) is 9.92. The summed E-state index contributed by atoms with van der Waals surface area (Å²) in [6, 6.07) is 0. The van der Waals surface area contributed by atoms with Gasteiger partial charge in [0.15, 0.2) is 0 Å². The molecule has 0 aromatic heterocycles. The Morgan fingerprint density at radius 3 is 2.67 bits per heavy atom. The van der Waals surface area contributed by atoms with Crippen LogP contribution in [-0.2, 0) is 22.1 Å². The van der Waals surface area contributed by atoms with E-state index in [0.717, 1.165) is 6.42 Å². The molecule has 0 saturated heterocycles. The Hall–Kier alpha value is -0.162. The normalized spacial score (nSPS) is 18.9. The number of carbonyl (C=O) groups is 1. The minimum atomic E-state index is -1.25. The fraction of sp³-hybridized carbons (Fsp3) is 0.500. The Labute approximate surface area is 80.1 Å². The van der Waals surface area contributed by atoms with Crippen LogP contribution in [0.1, 0.15) is 13.3 Å². The maximum absolute atomic E-state index is 11.6. The standard InChI is InChI=1S/C8H9O.2CH3.Pt/c1-7(6-9)8-4-2-3-5-8;;;/h2-4,7H,5H2,1H3;2*1H3;. The predicted octanol–water partition coefficient (Wildman–Crippen LogP) is 2.75. The van der Waals surface area contributed by atoms with E-state index in [9.17, 15) is 4.79 Å². The van der Waals surface area contributed by atoms with Gasteiger partial charge in [-0.3, -0.25) is 0 Å². The van der Waals surface area contributed by atoms with Gasteiger partial charge in [0, 0.05) is 0 Å². The number of carbonyl (C=O) groups excluding carboxylic acids is 1. The van der Waals surface area contributed by atoms with Crippen molar-refractivity contribution in [3.63, 3.8) is 0 Å². The maximum atomic E-state index is 11.6. The molecule has 1 unspecified atom stereocenters. The van der Waals surface area contributed by atoms with Gasteiger partial charge in [0.25, 0.3) is 0 Å². The van der Waals surface area contributed by atoms with Crippen molar-refractivity contribution in [2.24, 2.45) is 5.92 Å². The zero-order valence-corrected chi connectivity index (χ0v) is 10.0. The molecule has 1 aliphatic carbocycles. The molecule has 0 fully saturated rings. The van der Waals surface area contributed by atoms with Crippen molar-refractivity contribution in [1.82, 2.24) is 0 Å². The van der Waals surface area contributed by atoms with Crippen LogP contribution in [0.3, 0.4) is 0 Å². The van der Waals surface area contributed by atoms with Crippen molar-refractivity contribution >= 4 is 4.17 Å². The third-order valence-corrected chi connectivity index (χ3v) is 5.20. The monoisotopic (exact) mass is 346 g/mol. The van der Waals surface area contributed by atoms with Crippen LogP contribution in [0, 0.1) is 5.92 Å². The minimum absolute atomic E-state index is 0.181. The fourth-order valence-electron chi connectivity index (χ4n) is 1.19. The SMILES string of the molecule is CC([C](=O)[Pt]([CH3])[CH3])C1=CC=CC1. The van der Waals surface area contributed by atoms with Crippen molar-refractivity contribution in [2.75, 3.05) is 0 Å². The molecule has 1 aliphatic rings. The van der Waals surface area contributed by atoms with E-state index in [1.165, 1.54) is 5.57 Å². The number of hydrogen-bond acceptors (Lipinski definition) is 1. The predicted molar refractivity (Wildman–Crippen MR) is 47.7 cm³/mol. The van der Waals surface area contributed by atoms with Crippen LogP contribution in [-0.4, -0.2) is 4.17 Å². The summed E-state index contributed by atoms with van der Waals surface area (Å²) < 4.78 is 0.509. The molecule has 1 nitrogen and oxygen atoms in total. The fourth-order valence-corrected chi connectivity index (χ4v) is 3.58. The van der Waals surface area contributed by atoms with Gasteiger partial charge >= 0.3 is 80.0 Å². The topological polar surface area (TPSA) is 17.1 Å². The zero-order chi connectivity index (χ0) is 9.14. The van der Waals surface area contributed by atoms with E-state index in [1.54, 1.807) is 0 Å². The summed E-state index contributed by atoms with van der Waals surface area (Å²) in [5.74, 6) is 0.181. The number of allylic oxidation sites excluding steroid dienone is 4. The molecule has 0 bridgehead atoms. The van der Waals surface area contributed by atoms with Crippen LogP contribution >= 0.6 is 0 Å². The van der Waals surface area contributed by atoms with Crippen LogP contribution in [0.25, 0.3) is 0 Å². The second-order valence-corrected chi connectivity index (χ2v) is 8.67. The Kier molecular flexibility index (Phi) is 3.46. The van der Waals surface area contributed by atoms with Gasteiger partial charge in [0.1, 0.15) is 0 Å². The number of hydrogen-bond donors (Lipinski definition) is 0. The molecule has 1 rings (SSSR count). The molecule has 0 aromatic rings. The van der Waals surface area contributed by atoms with Gasteiger partial charge in [-0.1, -0.05) is 0 Å². The average Bonchev–Trinajstić information content (AvgIpc) is 2.53. The number of rotatable bonds is 3. The van der Waals surface area contributed by atoms with Crippen molar-refractivity contribution in [3.05, 3.63) is 23.8 Å². The molecule has 0 aromatic carbocycles. The van der Waals surface area contributed by atoms with E-state index in [2.05, 4.69) is 22.8 Å². The summed E-state index contributed by atoms with van der Waals surface area (Å²) in [5, 5.41) is 4.24. The summed E-state index contributed by atoms with van der Waals surface area (Å²) >= 11 is -1.25. The van der Waals surface area contributed by atoms with Gasteiger partial charge in [-0.2, -0.15) is 0 Å². The second-order valence-electron chi connectivity index (χ2n) is 3.00. The summed E-state index contributed by atoms with van der Waals surface area (Å²) in [5.41, 5.74) is 1.30. The van der Waals surface area contributed by atoms with E-state index >= 15 is 0 Å². The first-order valence-electron chi connectivity index (χ1n) is 3.87. The van der Waals surface area contributed by atoms with Gasteiger partial charge in [0.2, 0.25) is 0 Å². The Balaban J connectivity index is 2.59. The van der Waals surface area contributed by atoms with E-state index in [-0.39, 0.29) is 5.92 Å².